The number of carbonyl (C=O) groups excluding carboxylic acids is 2. The predicted molar refractivity (Wildman–Crippen MR) is 78.6 cm³/mol. The van der Waals surface area contributed by atoms with Crippen molar-refractivity contribution >= 4 is 24.4 Å². The van der Waals surface area contributed by atoms with E-state index in [4.69, 9.17) is 0 Å². The smallest absolute Gasteiger partial charge is 0.428 e. The van der Waals surface area contributed by atoms with Crippen LogP contribution in [0.5, 0.6) is 0 Å². The summed E-state index contributed by atoms with van der Waals surface area (Å²) >= 11 is 0. The van der Waals surface area contributed by atoms with Gasteiger partial charge < -0.3 is 4.74 Å². The quantitative estimate of drug-likeness (QED) is 0.513. The fourth-order valence-corrected chi connectivity index (χ4v) is 1.51. The number of carbonyl (C=O) groups is 2. The van der Waals surface area contributed by atoms with E-state index >= 15 is 0 Å². The molecule has 2 amide bonds. The summed E-state index contributed by atoms with van der Waals surface area (Å²) < 4.78 is 5.93. The Morgan fingerprint density at radius 2 is 2.24 bits per heavy atom. The van der Waals surface area contributed by atoms with Crippen molar-refractivity contribution in [2.75, 3.05) is 14.2 Å². The summed E-state index contributed by atoms with van der Waals surface area (Å²) in [5.41, 5.74) is 3.74. The highest BCUT2D eigenvalue weighted by Gasteiger charge is 2.18. The number of rotatable bonds is 4. The largest absolute Gasteiger partial charge is 0.452 e. The van der Waals surface area contributed by atoms with Gasteiger partial charge in [0.05, 0.1) is 30.3 Å². The van der Waals surface area contributed by atoms with Crippen molar-refractivity contribution in [1.29, 1.82) is 0 Å². The average Bonchev–Trinajstić information content (AvgIpc) is 2.85. The lowest BCUT2D eigenvalue weighted by atomic mass is 10.2. The van der Waals surface area contributed by atoms with Crippen LogP contribution in [0.3, 0.4) is 0 Å². The van der Waals surface area contributed by atoms with E-state index in [1.54, 1.807) is 6.92 Å². The van der Waals surface area contributed by atoms with E-state index in [0.29, 0.717) is 17.0 Å². The lowest BCUT2D eigenvalue weighted by Crippen LogP contribution is -2.43. The van der Waals surface area contributed by atoms with Gasteiger partial charge in [-0.15, -0.1) is 0 Å². The summed E-state index contributed by atoms with van der Waals surface area (Å²) in [5, 5.41) is 5.13. The van der Waals surface area contributed by atoms with Gasteiger partial charge >= 0.3 is 6.09 Å². The highest BCUT2D eigenvalue weighted by Crippen LogP contribution is 2.11. The molecule has 1 heterocycles. The van der Waals surface area contributed by atoms with Gasteiger partial charge in [0.15, 0.2) is 0 Å². The molecule has 0 spiro atoms. The van der Waals surface area contributed by atoms with Crippen molar-refractivity contribution in [1.82, 2.24) is 20.2 Å². The Labute approximate surface area is 122 Å². The Morgan fingerprint density at radius 1 is 1.57 bits per heavy atom. The average molecular weight is 291 g/mol. The van der Waals surface area contributed by atoms with Crippen molar-refractivity contribution in [2.24, 2.45) is 4.99 Å². The van der Waals surface area contributed by atoms with Crippen LogP contribution >= 0.6 is 0 Å². The van der Waals surface area contributed by atoms with Crippen LogP contribution in [-0.2, 0) is 4.74 Å². The monoisotopic (exact) mass is 291 g/mol. The van der Waals surface area contributed by atoms with Gasteiger partial charge in [-0.2, -0.15) is 5.10 Å². The zero-order chi connectivity index (χ0) is 16.0. The Kier molecular flexibility index (Phi) is 5.41. The summed E-state index contributed by atoms with van der Waals surface area (Å²) in [6.07, 6.45) is 3.82. The maximum absolute atomic E-state index is 12.1. The SMILES string of the molecule is C=C/C(=C\N=C)n1cc(C(=O)NN(C)C(=O)OC)c(C)n1. The van der Waals surface area contributed by atoms with Gasteiger partial charge in [0.2, 0.25) is 0 Å². The molecule has 0 unspecified atom stereocenters. The van der Waals surface area contributed by atoms with Gasteiger partial charge in [-0.1, -0.05) is 6.58 Å². The van der Waals surface area contributed by atoms with Crippen LogP contribution in [-0.4, -0.2) is 47.7 Å². The lowest BCUT2D eigenvalue weighted by molar-refractivity contribution is 0.0766. The first-order valence-electron chi connectivity index (χ1n) is 5.92. The summed E-state index contributed by atoms with van der Waals surface area (Å²) in [4.78, 5) is 27.0. The fraction of sp³-hybridized carbons (Fsp3) is 0.231. The third kappa shape index (κ3) is 3.78. The first kappa shape index (κ1) is 16.2. The van der Waals surface area contributed by atoms with E-state index in [9.17, 15) is 9.59 Å². The van der Waals surface area contributed by atoms with Crippen molar-refractivity contribution < 1.29 is 14.3 Å². The number of ether oxygens (including phenoxy) is 1. The standard InChI is InChI=1S/C13H17N5O3/c1-6-10(7-14-3)18-8-11(9(2)15-18)12(19)16-17(4)13(20)21-5/h6-8H,1,3H2,2,4-5H3,(H,16,19)/b10-7+. The van der Waals surface area contributed by atoms with E-state index in [1.807, 2.05) is 0 Å². The highest BCUT2D eigenvalue weighted by atomic mass is 16.5. The van der Waals surface area contributed by atoms with Crippen LogP contribution in [0, 0.1) is 6.92 Å². The van der Waals surface area contributed by atoms with E-state index in [0.717, 1.165) is 5.01 Å². The molecule has 0 aliphatic carbocycles. The minimum atomic E-state index is -0.684. The van der Waals surface area contributed by atoms with Crippen molar-refractivity contribution in [2.45, 2.75) is 6.92 Å². The Balaban J connectivity index is 2.99. The van der Waals surface area contributed by atoms with Gasteiger partial charge in [0, 0.05) is 13.2 Å². The molecule has 0 aromatic carbocycles. The first-order valence-corrected chi connectivity index (χ1v) is 5.92. The molecule has 1 N–H and O–H groups in total. The maximum Gasteiger partial charge on any atom is 0.428 e. The van der Waals surface area contributed by atoms with E-state index in [2.05, 4.69) is 33.6 Å². The number of hydrogen-bond donors (Lipinski definition) is 1. The Morgan fingerprint density at radius 3 is 2.76 bits per heavy atom. The number of hydrazine groups is 1. The molecule has 0 aliphatic heterocycles. The molecule has 1 aromatic rings. The highest BCUT2D eigenvalue weighted by molar-refractivity contribution is 5.95. The van der Waals surface area contributed by atoms with Crippen LogP contribution in [0.1, 0.15) is 16.1 Å². The molecule has 8 nitrogen and oxygen atoms in total. The third-order valence-electron chi connectivity index (χ3n) is 2.56. The molecule has 0 fully saturated rings. The van der Waals surface area contributed by atoms with Crippen LogP contribution < -0.4 is 5.43 Å². The normalized spacial score (nSPS) is 10.7. The summed E-state index contributed by atoms with van der Waals surface area (Å²) in [6.45, 7) is 8.66. The minimum Gasteiger partial charge on any atom is -0.452 e. The molecule has 8 heteroatoms. The molecule has 0 saturated heterocycles. The molecule has 0 aliphatic rings. The summed E-state index contributed by atoms with van der Waals surface area (Å²) in [6, 6.07) is 0. The topological polar surface area (TPSA) is 88.8 Å². The molecule has 1 aromatic heterocycles. The maximum atomic E-state index is 12.1. The molecular weight excluding hydrogens is 274 g/mol. The van der Waals surface area contributed by atoms with Crippen LogP contribution in [0.4, 0.5) is 4.79 Å². The fourth-order valence-electron chi connectivity index (χ4n) is 1.51. The van der Waals surface area contributed by atoms with Crippen LogP contribution in [0.15, 0.2) is 30.0 Å². The van der Waals surface area contributed by atoms with Crippen LogP contribution in [0.25, 0.3) is 5.70 Å². The minimum absolute atomic E-state index is 0.308. The van der Waals surface area contributed by atoms with Gasteiger partial charge in [0.25, 0.3) is 5.91 Å². The second-order valence-electron chi connectivity index (χ2n) is 3.98. The molecule has 0 atom stereocenters. The van der Waals surface area contributed by atoms with Crippen molar-refractivity contribution in [3.05, 3.63) is 36.3 Å². The van der Waals surface area contributed by atoms with Gasteiger partial charge in [0.1, 0.15) is 0 Å². The predicted octanol–water partition coefficient (Wildman–Crippen LogP) is 1.22. The number of aliphatic imine (C=N–C) groups is 1. The number of nitrogens with zero attached hydrogens (tertiary/aromatic N) is 4. The summed E-state index contributed by atoms with van der Waals surface area (Å²) in [5.74, 6) is -0.485. The summed E-state index contributed by atoms with van der Waals surface area (Å²) in [7, 11) is 2.60. The van der Waals surface area contributed by atoms with Gasteiger partial charge in [-0.25, -0.2) is 14.5 Å². The second-order valence-corrected chi connectivity index (χ2v) is 3.98. The lowest BCUT2D eigenvalue weighted by Gasteiger charge is -2.15. The number of methoxy groups -OCH3 is 1. The van der Waals surface area contributed by atoms with Crippen molar-refractivity contribution in [3.8, 4) is 0 Å². The third-order valence-corrected chi connectivity index (χ3v) is 2.56. The number of amides is 2. The molecule has 112 valence electrons. The number of allylic oxidation sites excluding steroid dienone is 2. The molecule has 1 rings (SSSR count). The zero-order valence-electron chi connectivity index (χ0n) is 12.2. The number of aromatic nitrogens is 2. The zero-order valence-corrected chi connectivity index (χ0v) is 12.2. The second kappa shape index (κ2) is 7.04. The molecule has 0 bridgehead atoms. The van der Waals surface area contributed by atoms with Crippen LogP contribution in [0.2, 0.25) is 0 Å². The molecule has 0 radical (unpaired) electrons. The molecule has 21 heavy (non-hydrogen) atoms. The van der Waals surface area contributed by atoms with E-state index < -0.39 is 12.0 Å². The van der Waals surface area contributed by atoms with Gasteiger partial charge in [-0.3, -0.25) is 15.2 Å². The number of hydrogen-bond acceptors (Lipinski definition) is 5. The van der Waals surface area contributed by atoms with Crippen molar-refractivity contribution in [3.63, 3.8) is 0 Å². The first-order chi connectivity index (χ1) is 9.94. The number of nitrogens with one attached hydrogen (secondary N) is 1. The molecular formula is C13H17N5O3. The Hall–Kier alpha value is -2.90. The Bertz CT molecular complexity index is 603. The number of aryl methyl sites for hydroxylation is 1. The molecule has 0 saturated carbocycles. The van der Waals surface area contributed by atoms with E-state index in [1.165, 1.54) is 37.3 Å². The van der Waals surface area contributed by atoms with E-state index in [-0.39, 0.29) is 0 Å². The van der Waals surface area contributed by atoms with Gasteiger partial charge in [-0.05, 0) is 19.7 Å².